The highest BCUT2D eigenvalue weighted by atomic mass is 19.1. The Bertz CT molecular complexity index is 1440. The van der Waals surface area contributed by atoms with Gasteiger partial charge in [-0.25, -0.2) is 8.91 Å². The van der Waals surface area contributed by atoms with Gasteiger partial charge in [0.25, 0.3) is 0 Å². The molecule has 0 atom stereocenters. The summed E-state index contributed by atoms with van der Waals surface area (Å²) in [5.74, 6) is 1.50. The Morgan fingerprint density at radius 3 is 2.39 bits per heavy atom. The van der Waals surface area contributed by atoms with Crippen molar-refractivity contribution in [3.8, 4) is 22.8 Å². The van der Waals surface area contributed by atoms with E-state index < -0.39 is 0 Å². The maximum Gasteiger partial charge on any atom is 0.223 e. The highest BCUT2D eigenvalue weighted by molar-refractivity contribution is 5.78. The zero-order chi connectivity index (χ0) is 29.4. The van der Waals surface area contributed by atoms with Crippen molar-refractivity contribution < 1.29 is 13.9 Å². The molecule has 0 bridgehead atoms. The lowest BCUT2D eigenvalue weighted by Gasteiger charge is -2.27. The summed E-state index contributed by atoms with van der Waals surface area (Å²) in [7, 11) is 2.21. The third-order valence-electron chi connectivity index (χ3n) is 7.76. The van der Waals surface area contributed by atoms with E-state index in [1.807, 2.05) is 13.1 Å². The van der Waals surface area contributed by atoms with Gasteiger partial charge in [-0.1, -0.05) is 37.6 Å². The molecule has 2 aliphatic rings. The number of nitrogens with one attached hydrogen (secondary N) is 1. The lowest BCUT2D eigenvalue weighted by atomic mass is 9.95. The molecule has 218 valence electrons. The molecule has 3 heterocycles. The average Bonchev–Trinajstić information content (AvgIpc) is 3.67. The Morgan fingerprint density at radius 1 is 1.02 bits per heavy atom. The first-order valence-electron chi connectivity index (χ1n) is 14.5. The van der Waals surface area contributed by atoms with Gasteiger partial charge in [-0.05, 0) is 101 Å². The van der Waals surface area contributed by atoms with Gasteiger partial charge in [0.2, 0.25) is 12.3 Å². The Kier molecular flexibility index (Phi) is 10.5. The molecule has 1 aliphatic heterocycles. The highest BCUT2D eigenvalue weighted by Gasteiger charge is 2.19. The van der Waals surface area contributed by atoms with Gasteiger partial charge < -0.3 is 15.0 Å². The summed E-state index contributed by atoms with van der Waals surface area (Å²) < 4.78 is 20.9. The lowest BCUT2D eigenvalue weighted by Crippen LogP contribution is -2.29. The second kappa shape index (κ2) is 14.2. The number of nitrogens with zero attached hydrogens (tertiary/aromatic N) is 4. The minimum Gasteiger partial charge on any atom is -0.439 e. The Hall–Kier alpha value is -3.78. The van der Waals surface area contributed by atoms with Crippen molar-refractivity contribution in [2.75, 3.05) is 20.1 Å². The van der Waals surface area contributed by atoms with Crippen LogP contribution in [0, 0.1) is 32.5 Å². The maximum atomic E-state index is 13.4. The highest BCUT2D eigenvalue weighted by Crippen LogP contribution is 2.29. The van der Waals surface area contributed by atoms with E-state index in [-0.39, 0.29) is 5.82 Å². The summed E-state index contributed by atoms with van der Waals surface area (Å²) in [5.41, 5.74) is 6.03. The quantitative estimate of drug-likeness (QED) is 0.261. The summed E-state index contributed by atoms with van der Waals surface area (Å²) >= 11 is 0. The van der Waals surface area contributed by atoms with Crippen LogP contribution < -0.4 is 10.1 Å². The largest absolute Gasteiger partial charge is 0.439 e. The van der Waals surface area contributed by atoms with Crippen molar-refractivity contribution in [3.05, 3.63) is 77.4 Å². The number of carbonyl (C=O) groups excluding carboxylic acids is 1. The molecule has 1 N–H and O–H groups in total. The van der Waals surface area contributed by atoms with Crippen LogP contribution in [0.1, 0.15) is 55.8 Å². The van der Waals surface area contributed by atoms with Crippen LogP contribution >= 0.6 is 0 Å². The van der Waals surface area contributed by atoms with Crippen LogP contribution in [-0.4, -0.2) is 52.1 Å². The van der Waals surface area contributed by atoms with E-state index in [0.29, 0.717) is 23.3 Å². The number of aryl methyl sites for hydroxylation is 3. The van der Waals surface area contributed by atoms with Crippen LogP contribution in [0.3, 0.4) is 0 Å². The number of aromatic nitrogens is 3. The molecule has 2 aromatic heterocycles. The third kappa shape index (κ3) is 8.60. The van der Waals surface area contributed by atoms with Crippen molar-refractivity contribution >= 4 is 12.1 Å². The number of amides is 1. The molecule has 1 saturated heterocycles. The first-order chi connectivity index (χ1) is 19.8. The van der Waals surface area contributed by atoms with Crippen molar-refractivity contribution in [2.45, 2.75) is 65.8 Å². The summed E-state index contributed by atoms with van der Waals surface area (Å²) in [4.78, 5) is 16.6. The van der Waals surface area contributed by atoms with Crippen LogP contribution in [0.2, 0.25) is 0 Å². The Balaban J connectivity index is 0.000000210. The van der Waals surface area contributed by atoms with Gasteiger partial charge in [0.1, 0.15) is 11.6 Å². The second-order valence-electron chi connectivity index (χ2n) is 11.1. The SMILES string of the molecule is CCC1CCN(C)CC1.Cc1ccc(-c2cnn3c(C)cc(Oc4cccc(F)c4)nc23)cc1C.O=CNC1CC1. The van der Waals surface area contributed by atoms with Gasteiger partial charge in [0.15, 0.2) is 5.65 Å². The molecule has 1 amide bonds. The molecule has 8 heteroatoms. The van der Waals surface area contributed by atoms with Gasteiger partial charge in [0, 0.05) is 29.4 Å². The van der Waals surface area contributed by atoms with Crippen LogP contribution in [0.5, 0.6) is 11.6 Å². The van der Waals surface area contributed by atoms with E-state index in [2.05, 4.69) is 66.3 Å². The van der Waals surface area contributed by atoms with Crippen molar-refractivity contribution in [1.82, 2.24) is 24.8 Å². The van der Waals surface area contributed by atoms with E-state index in [0.717, 1.165) is 29.1 Å². The number of likely N-dealkylation sites (tertiary alicyclic amines) is 1. The summed E-state index contributed by atoms with van der Waals surface area (Å²) in [6.07, 6.45) is 9.16. The van der Waals surface area contributed by atoms with Crippen molar-refractivity contribution in [2.24, 2.45) is 5.92 Å². The molecule has 2 aromatic carbocycles. The number of rotatable bonds is 6. The standard InChI is InChI=1S/C21H18FN3O.C8H17N.C4H7NO/c1-13-7-8-16(9-14(13)2)19-12-23-25-15(3)10-20(24-21(19)25)26-18-6-4-5-17(22)11-18;1-3-8-4-6-9(2)7-5-8;6-3-5-4-1-2-4/h4-12H,1-3H3;8H,3-7H2,1-2H3;3-4H,1-2H2,(H,5,6). The molecule has 1 saturated carbocycles. The van der Waals surface area contributed by atoms with E-state index in [1.54, 1.807) is 22.7 Å². The molecule has 2 fully saturated rings. The number of hydrogen-bond donors (Lipinski definition) is 1. The zero-order valence-electron chi connectivity index (χ0n) is 24.9. The van der Waals surface area contributed by atoms with Gasteiger partial charge in [-0.15, -0.1) is 0 Å². The minimum atomic E-state index is -0.347. The number of carbonyl (C=O) groups is 1. The fourth-order valence-corrected chi connectivity index (χ4v) is 4.72. The first kappa shape index (κ1) is 30.2. The number of halogens is 1. The average molecular weight is 560 g/mol. The van der Waals surface area contributed by atoms with Crippen molar-refractivity contribution in [1.29, 1.82) is 0 Å². The topological polar surface area (TPSA) is 71.8 Å². The number of fused-ring (bicyclic) bond motifs is 1. The summed E-state index contributed by atoms with van der Waals surface area (Å²) in [6, 6.07) is 14.6. The zero-order valence-corrected chi connectivity index (χ0v) is 24.9. The third-order valence-corrected chi connectivity index (χ3v) is 7.76. The van der Waals surface area contributed by atoms with E-state index in [4.69, 9.17) is 4.74 Å². The summed E-state index contributed by atoms with van der Waals surface area (Å²) in [5, 5.41) is 7.09. The summed E-state index contributed by atoms with van der Waals surface area (Å²) in [6.45, 7) is 11.0. The van der Waals surface area contributed by atoms with Crippen LogP contribution in [0.15, 0.2) is 54.7 Å². The van der Waals surface area contributed by atoms with E-state index >= 15 is 0 Å². The first-order valence-corrected chi connectivity index (χ1v) is 14.5. The second-order valence-corrected chi connectivity index (χ2v) is 11.1. The van der Waals surface area contributed by atoms with Gasteiger partial charge in [-0.3, -0.25) is 4.79 Å². The Morgan fingerprint density at radius 2 is 1.78 bits per heavy atom. The molecule has 7 nitrogen and oxygen atoms in total. The molecule has 0 spiro atoms. The number of benzene rings is 2. The molecular weight excluding hydrogens is 517 g/mol. The molecule has 0 radical (unpaired) electrons. The molecule has 1 aliphatic carbocycles. The fraction of sp³-hybridized carbons (Fsp3) is 0.424. The fourth-order valence-electron chi connectivity index (χ4n) is 4.72. The van der Waals surface area contributed by atoms with Gasteiger partial charge >= 0.3 is 0 Å². The van der Waals surface area contributed by atoms with Crippen LogP contribution in [-0.2, 0) is 4.79 Å². The number of ether oxygens (including phenoxy) is 1. The normalized spacial score (nSPS) is 15.4. The molecule has 6 rings (SSSR count). The van der Waals surface area contributed by atoms with E-state index in [1.165, 1.54) is 68.5 Å². The predicted molar refractivity (Wildman–Crippen MR) is 162 cm³/mol. The van der Waals surface area contributed by atoms with Crippen molar-refractivity contribution in [3.63, 3.8) is 0 Å². The monoisotopic (exact) mass is 559 g/mol. The maximum absolute atomic E-state index is 13.4. The number of hydrogen-bond acceptors (Lipinski definition) is 5. The smallest absolute Gasteiger partial charge is 0.223 e. The van der Waals surface area contributed by atoms with Crippen LogP contribution in [0.4, 0.5) is 4.39 Å². The number of piperidine rings is 1. The van der Waals surface area contributed by atoms with Gasteiger partial charge in [0.05, 0.1) is 6.20 Å². The lowest BCUT2D eigenvalue weighted by molar-refractivity contribution is -0.109. The minimum absolute atomic E-state index is 0.347. The molecule has 41 heavy (non-hydrogen) atoms. The molecule has 0 unspecified atom stereocenters. The van der Waals surface area contributed by atoms with E-state index in [9.17, 15) is 9.18 Å². The van der Waals surface area contributed by atoms with Crippen LogP contribution in [0.25, 0.3) is 16.8 Å². The molecule has 4 aromatic rings. The van der Waals surface area contributed by atoms with Gasteiger partial charge in [-0.2, -0.15) is 10.1 Å². The predicted octanol–water partition coefficient (Wildman–Crippen LogP) is 6.89. The Labute approximate surface area is 242 Å². The molecular formula is C33H42FN5O2.